The molecule has 4 heterocycles. The SMILES string of the molecule is Cc1cnn(C2CCCN(c3cc(Cl)ccc3-c3ccc(N4CCNCC4)nc3)C2)c1C(F)(F)F. The van der Waals surface area contributed by atoms with Crippen LogP contribution < -0.4 is 15.1 Å². The molecule has 1 N–H and O–H groups in total. The lowest BCUT2D eigenvalue weighted by molar-refractivity contribution is -0.145. The van der Waals surface area contributed by atoms with Crippen molar-refractivity contribution in [2.24, 2.45) is 0 Å². The van der Waals surface area contributed by atoms with Crippen LogP contribution in [0.2, 0.25) is 5.02 Å². The maximum atomic E-state index is 13.7. The Kier molecular flexibility index (Phi) is 6.63. The molecule has 6 nitrogen and oxygen atoms in total. The molecule has 2 aliphatic heterocycles. The molecule has 35 heavy (non-hydrogen) atoms. The van der Waals surface area contributed by atoms with Crippen molar-refractivity contribution in [3.63, 3.8) is 0 Å². The number of piperidine rings is 1. The molecule has 1 atom stereocenters. The number of rotatable bonds is 4. The molecule has 5 rings (SSSR count). The largest absolute Gasteiger partial charge is 0.433 e. The van der Waals surface area contributed by atoms with E-state index in [1.54, 1.807) is 0 Å². The lowest BCUT2D eigenvalue weighted by Crippen LogP contribution is -2.43. The second-order valence-corrected chi connectivity index (χ2v) is 9.60. The van der Waals surface area contributed by atoms with Crippen LogP contribution in [0.15, 0.2) is 42.7 Å². The van der Waals surface area contributed by atoms with E-state index in [0.717, 1.165) is 66.5 Å². The third kappa shape index (κ3) is 4.97. The molecule has 1 unspecified atom stereocenters. The van der Waals surface area contributed by atoms with Crippen LogP contribution in [0, 0.1) is 6.92 Å². The molecule has 1 aromatic carbocycles. The van der Waals surface area contributed by atoms with Crippen molar-refractivity contribution in [3.8, 4) is 11.1 Å². The molecular weight excluding hydrogens is 477 g/mol. The van der Waals surface area contributed by atoms with E-state index in [0.29, 0.717) is 18.0 Å². The van der Waals surface area contributed by atoms with Gasteiger partial charge in [-0.1, -0.05) is 17.7 Å². The van der Waals surface area contributed by atoms with Gasteiger partial charge in [-0.2, -0.15) is 18.3 Å². The van der Waals surface area contributed by atoms with Crippen LogP contribution in [0.25, 0.3) is 11.1 Å². The van der Waals surface area contributed by atoms with Gasteiger partial charge in [0.15, 0.2) is 0 Å². The number of piperazine rings is 1. The quantitative estimate of drug-likeness (QED) is 0.531. The van der Waals surface area contributed by atoms with Crippen LogP contribution in [0.1, 0.15) is 30.1 Å². The molecule has 0 amide bonds. The third-order valence-corrected chi connectivity index (χ3v) is 7.02. The highest BCUT2D eigenvalue weighted by molar-refractivity contribution is 6.31. The average Bonchev–Trinajstić information content (AvgIpc) is 3.27. The number of halogens is 4. The maximum absolute atomic E-state index is 13.7. The number of aryl methyl sites for hydroxylation is 1. The topological polar surface area (TPSA) is 49.2 Å². The Morgan fingerprint density at radius 2 is 1.83 bits per heavy atom. The minimum absolute atomic E-state index is 0.147. The van der Waals surface area contributed by atoms with Crippen molar-refractivity contribution in [3.05, 3.63) is 59.0 Å². The summed E-state index contributed by atoms with van der Waals surface area (Å²) in [5.74, 6) is 0.942. The molecule has 2 fully saturated rings. The minimum Gasteiger partial charge on any atom is -0.369 e. The molecule has 0 saturated carbocycles. The second kappa shape index (κ2) is 9.70. The molecule has 0 spiro atoms. The van der Waals surface area contributed by atoms with Gasteiger partial charge in [0.2, 0.25) is 0 Å². The number of nitrogens with one attached hydrogen (secondary N) is 1. The second-order valence-electron chi connectivity index (χ2n) is 9.16. The van der Waals surface area contributed by atoms with Gasteiger partial charge in [0.1, 0.15) is 11.5 Å². The Morgan fingerprint density at radius 1 is 1.03 bits per heavy atom. The highest BCUT2D eigenvalue weighted by Gasteiger charge is 2.39. The van der Waals surface area contributed by atoms with Crippen molar-refractivity contribution in [2.45, 2.75) is 32.0 Å². The summed E-state index contributed by atoms with van der Waals surface area (Å²) in [6.45, 7) is 6.32. The molecule has 10 heteroatoms. The van der Waals surface area contributed by atoms with Crippen molar-refractivity contribution < 1.29 is 13.2 Å². The summed E-state index contributed by atoms with van der Waals surface area (Å²) in [7, 11) is 0. The van der Waals surface area contributed by atoms with Gasteiger partial charge in [-0.05, 0) is 49.6 Å². The summed E-state index contributed by atoms with van der Waals surface area (Å²) in [5, 5.41) is 8.04. The first kappa shape index (κ1) is 23.9. The van der Waals surface area contributed by atoms with Gasteiger partial charge in [0.05, 0.1) is 12.2 Å². The van der Waals surface area contributed by atoms with Gasteiger partial charge in [-0.3, -0.25) is 4.68 Å². The lowest BCUT2D eigenvalue weighted by Gasteiger charge is -2.36. The number of hydrogen-bond acceptors (Lipinski definition) is 5. The number of benzene rings is 1. The maximum Gasteiger partial charge on any atom is 0.433 e. The Hall–Kier alpha value is -2.78. The molecule has 186 valence electrons. The van der Waals surface area contributed by atoms with E-state index in [9.17, 15) is 13.2 Å². The predicted octanol–water partition coefficient (Wildman–Crippen LogP) is 5.18. The number of anilines is 2. The monoisotopic (exact) mass is 504 g/mol. The standard InChI is InChI=1S/C25H28ClF3N6/c1-17-14-32-35(24(17)25(27,28)29)20-3-2-10-34(16-20)22-13-19(26)5-6-21(22)18-4-7-23(31-15-18)33-11-8-30-9-12-33/h4-7,13-15,20,30H,2-3,8-12,16H2,1H3. The molecule has 3 aromatic rings. The fourth-order valence-corrected chi connectivity index (χ4v) is 5.26. The molecule has 0 aliphatic carbocycles. The smallest absolute Gasteiger partial charge is 0.369 e. The molecule has 2 aromatic heterocycles. The molecule has 2 aliphatic rings. The van der Waals surface area contributed by atoms with Crippen molar-refractivity contribution >= 4 is 23.1 Å². The number of alkyl halides is 3. The van der Waals surface area contributed by atoms with Gasteiger partial charge < -0.3 is 15.1 Å². The van der Waals surface area contributed by atoms with Crippen LogP contribution in [0.5, 0.6) is 0 Å². The highest BCUT2D eigenvalue weighted by Crippen LogP contribution is 2.39. The summed E-state index contributed by atoms with van der Waals surface area (Å²) in [5.41, 5.74) is 2.29. The van der Waals surface area contributed by atoms with E-state index in [4.69, 9.17) is 16.6 Å². The van der Waals surface area contributed by atoms with Gasteiger partial charge in [0, 0.05) is 67.3 Å². The summed E-state index contributed by atoms with van der Waals surface area (Å²) in [6.07, 6.45) is 0.120. The first-order valence-electron chi connectivity index (χ1n) is 11.9. The third-order valence-electron chi connectivity index (χ3n) is 6.79. The zero-order valence-electron chi connectivity index (χ0n) is 19.5. The van der Waals surface area contributed by atoms with Crippen LogP contribution in [0.4, 0.5) is 24.7 Å². The number of hydrogen-bond donors (Lipinski definition) is 1. The van der Waals surface area contributed by atoms with E-state index in [-0.39, 0.29) is 11.6 Å². The van der Waals surface area contributed by atoms with Crippen molar-refractivity contribution in [2.75, 3.05) is 49.1 Å². The predicted molar refractivity (Wildman–Crippen MR) is 132 cm³/mol. The van der Waals surface area contributed by atoms with Crippen LogP contribution >= 0.6 is 11.6 Å². The average molecular weight is 505 g/mol. The Morgan fingerprint density at radius 3 is 2.54 bits per heavy atom. The van der Waals surface area contributed by atoms with Crippen LogP contribution in [0.3, 0.4) is 0 Å². The van der Waals surface area contributed by atoms with E-state index >= 15 is 0 Å². The summed E-state index contributed by atoms with van der Waals surface area (Å²) >= 11 is 6.37. The summed E-state index contributed by atoms with van der Waals surface area (Å²) in [6, 6.07) is 9.39. The Labute approximate surface area is 207 Å². The lowest BCUT2D eigenvalue weighted by atomic mass is 10.00. The zero-order chi connectivity index (χ0) is 24.6. The van der Waals surface area contributed by atoms with Gasteiger partial charge in [0.25, 0.3) is 0 Å². The summed E-state index contributed by atoms with van der Waals surface area (Å²) < 4.78 is 42.3. The van der Waals surface area contributed by atoms with Crippen molar-refractivity contribution in [1.29, 1.82) is 0 Å². The van der Waals surface area contributed by atoms with Crippen LogP contribution in [-0.4, -0.2) is 54.0 Å². The van der Waals surface area contributed by atoms with Crippen LogP contribution in [-0.2, 0) is 6.18 Å². The minimum atomic E-state index is -4.44. The van der Waals surface area contributed by atoms with E-state index in [2.05, 4.69) is 26.3 Å². The van der Waals surface area contributed by atoms with Gasteiger partial charge in [-0.15, -0.1) is 0 Å². The molecule has 2 saturated heterocycles. The number of nitrogens with zero attached hydrogens (tertiary/aromatic N) is 5. The summed E-state index contributed by atoms with van der Waals surface area (Å²) in [4.78, 5) is 9.07. The fraction of sp³-hybridized carbons (Fsp3) is 0.440. The zero-order valence-corrected chi connectivity index (χ0v) is 20.3. The van der Waals surface area contributed by atoms with Gasteiger partial charge in [-0.25, -0.2) is 4.98 Å². The fourth-order valence-electron chi connectivity index (χ4n) is 5.09. The van der Waals surface area contributed by atoms with E-state index in [1.165, 1.54) is 13.1 Å². The molecular formula is C25H28ClF3N6. The van der Waals surface area contributed by atoms with Gasteiger partial charge >= 0.3 is 6.18 Å². The first-order valence-corrected chi connectivity index (χ1v) is 12.3. The normalized spacial score (nSPS) is 19.3. The number of aromatic nitrogens is 3. The Balaban J connectivity index is 1.43. The molecule has 0 bridgehead atoms. The van der Waals surface area contributed by atoms with E-state index in [1.807, 2.05) is 30.5 Å². The Bertz CT molecular complexity index is 1170. The first-order chi connectivity index (χ1) is 16.8. The molecule has 0 radical (unpaired) electrons. The van der Waals surface area contributed by atoms with Crippen molar-refractivity contribution in [1.82, 2.24) is 20.1 Å². The highest BCUT2D eigenvalue weighted by atomic mass is 35.5. The van der Waals surface area contributed by atoms with E-state index < -0.39 is 11.9 Å². The number of pyridine rings is 1.